The van der Waals surface area contributed by atoms with Gasteiger partial charge in [0, 0.05) is 6.61 Å². The topological polar surface area (TPSA) is 75.5 Å². The van der Waals surface area contributed by atoms with Crippen LogP contribution < -0.4 is 5.76 Å². The summed E-state index contributed by atoms with van der Waals surface area (Å²) in [6.45, 7) is 2.76. The summed E-state index contributed by atoms with van der Waals surface area (Å²) in [7, 11) is 0. The lowest BCUT2D eigenvalue weighted by Gasteiger charge is -2.36. The molecule has 5 heteroatoms. The van der Waals surface area contributed by atoms with Crippen LogP contribution >= 0.6 is 0 Å². The Morgan fingerprint density at radius 1 is 1.50 bits per heavy atom. The SMILES string of the molecule is CCOC1CC(CC(O)c2ccc3[nH]c(=O)oc3c2)C1. The number of fused-ring (bicyclic) bond motifs is 1. The van der Waals surface area contributed by atoms with Gasteiger partial charge in [-0.25, -0.2) is 4.79 Å². The van der Waals surface area contributed by atoms with E-state index in [2.05, 4.69) is 4.98 Å². The molecule has 1 fully saturated rings. The predicted molar refractivity (Wildman–Crippen MR) is 74.5 cm³/mol. The third kappa shape index (κ3) is 2.64. The summed E-state index contributed by atoms with van der Waals surface area (Å²) in [6, 6.07) is 5.33. The summed E-state index contributed by atoms with van der Waals surface area (Å²) in [5, 5.41) is 10.3. The molecular formula is C15H19NO4. The van der Waals surface area contributed by atoms with E-state index in [1.807, 2.05) is 13.0 Å². The highest BCUT2D eigenvalue weighted by atomic mass is 16.5. The van der Waals surface area contributed by atoms with Crippen LogP contribution in [0.2, 0.25) is 0 Å². The lowest BCUT2D eigenvalue weighted by Crippen LogP contribution is -2.32. The molecule has 0 radical (unpaired) electrons. The van der Waals surface area contributed by atoms with Crippen molar-refractivity contribution in [3.8, 4) is 0 Å². The number of aromatic nitrogens is 1. The number of ether oxygens (including phenoxy) is 1. The number of hydrogen-bond donors (Lipinski definition) is 2. The van der Waals surface area contributed by atoms with Gasteiger partial charge in [-0.1, -0.05) is 6.07 Å². The Morgan fingerprint density at radius 3 is 3.05 bits per heavy atom. The molecule has 5 nitrogen and oxygen atoms in total. The van der Waals surface area contributed by atoms with Crippen LogP contribution in [-0.4, -0.2) is 22.8 Å². The maximum atomic E-state index is 11.1. The minimum atomic E-state index is -0.521. The van der Waals surface area contributed by atoms with Crippen LogP contribution in [0.15, 0.2) is 27.4 Å². The highest BCUT2D eigenvalue weighted by molar-refractivity contribution is 5.72. The molecule has 1 aromatic carbocycles. The largest absolute Gasteiger partial charge is 0.417 e. The van der Waals surface area contributed by atoms with Gasteiger partial charge in [-0.05, 0) is 49.8 Å². The summed E-state index contributed by atoms with van der Waals surface area (Å²) in [4.78, 5) is 13.7. The average Bonchev–Trinajstić information content (AvgIpc) is 2.75. The molecule has 1 aliphatic rings. The fourth-order valence-electron chi connectivity index (χ4n) is 2.86. The Kier molecular flexibility index (Phi) is 3.63. The first kappa shape index (κ1) is 13.4. The van der Waals surface area contributed by atoms with Crippen molar-refractivity contribution in [1.29, 1.82) is 0 Å². The molecule has 1 saturated carbocycles. The predicted octanol–water partition coefficient (Wildman–Crippen LogP) is 2.36. The first-order chi connectivity index (χ1) is 9.65. The summed E-state index contributed by atoms with van der Waals surface area (Å²) >= 11 is 0. The van der Waals surface area contributed by atoms with E-state index in [4.69, 9.17) is 9.15 Å². The number of oxazole rings is 1. The number of benzene rings is 1. The molecule has 1 aliphatic carbocycles. The van der Waals surface area contributed by atoms with Crippen molar-refractivity contribution < 1.29 is 14.3 Å². The highest BCUT2D eigenvalue weighted by Gasteiger charge is 2.31. The van der Waals surface area contributed by atoms with Crippen LogP contribution in [0.3, 0.4) is 0 Å². The van der Waals surface area contributed by atoms with Gasteiger partial charge in [0.05, 0.1) is 17.7 Å². The van der Waals surface area contributed by atoms with E-state index in [9.17, 15) is 9.90 Å². The van der Waals surface area contributed by atoms with Gasteiger partial charge in [-0.15, -0.1) is 0 Å². The van der Waals surface area contributed by atoms with Gasteiger partial charge in [0.1, 0.15) is 0 Å². The molecule has 1 aromatic heterocycles. The monoisotopic (exact) mass is 277 g/mol. The quantitative estimate of drug-likeness (QED) is 0.879. The standard InChI is InChI=1S/C15H19NO4/c1-2-19-11-5-9(6-11)7-13(17)10-3-4-12-14(8-10)20-15(18)16-12/h3-4,8-9,11,13,17H,2,5-7H2,1H3,(H,16,18). The van der Waals surface area contributed by atoms with Gasteiger partial charge in [0.25, 0.3) is 0 Å². The Balaban J connectivity index is 1.64. The third-order valence-corrected chi connectivity index (χ3v) is 3.98. The average molecular weight is 277 g/mol. The van der Waals surface area contributed by atoms with Crippen LogP contribution in [0.5, 0.6) is 0 Å². The number of nitrogens with one attached hydrogen (secondary N) is 1. The van der Waals surface area contributed by atoms with Gasteiger partial charge >= 0.3 is 5.76 Å². The fraction of sp³-hybridized carbons (Fsp3) is 0.533. The van der Waals surface area contributed by atoms with E-state index in [1.54, 1.807) is 12.1 Å². The molecule has 1 atom stereocenters. The highest BCUT2D eigenvalue weighted by Crippen LogP contribution is 2.37. The molecule has 0 spiro atoms. The molecule has 0 aliphatic heterocycles. The van der Waals surface area contributed by atoms with Crippen molar-refractivity contribution >= 4 is 11.1 Å². The minimum absolute atomic E-state index is 0.363. The second kappa shape index (κ2) is 5.42. The lowest BCUT2D eigenvalue weighted by atomic mass is 9.78. The Hall–Kier alpha value is -1.59. The first-order valence-electron chi connectivity index (χ1n) is 7.08. The van der Waals surface area contributed by atoms with Gasteiger partial charge in [-0.3, -0.25) is 4.98 Å². The van der Waals surface area contributed by atoms with Gasteiger partial charge in [-0.2, -0.15) is 0 Å². The zero-order valence-electron chi connectivity index (χ0n) is 11.5. The Morgan fingerprint density at radius 2 is 2.30 bits per heavy atom. The van der Waals surface area contributed by atoms with E-state index in [0.717, 1.165) is 31.4 Å². The summed E-state index contributed by atoms with van der Waals surface area (Å²) in [5.74, 6) is 0.0423. The minimum Gasteiger partial charge on any atom is -0.408 e. The smallest absolute Gasteiger partial charge is 0.408 e. The van der Waals surface area contributed by atoms with Crippen molar-refractivity contribution in [2.45, 2.75) is 38.4 Å². The molecule has 108 valence electrons. The van der Waals surface area contributed by atoms with Crippen molar-refractivity contribution in [1.82, 2.24) is 4.98 Å². The normalized spacial score (nSPS) is 23.7. The van der Waals surface area contributed by atoms with Crippen molar-refractivity contribution in [2.75, 3.05) is 6.61 Å². The van der Waals surface area contributed by atoms with Crippen LogP contribution in [0.4, 0.5) is 0 Å². The maximum absolute atomic E-state index is 11.1. The van der Waals surface area contributed by atoms with Crippen LogP contribution in [0.1, 0.15) is 37.9 Å². The van der Waals surface area contributed by atoms with E-state index < -0.39 is 11.9 Å². The lowest BCUT2D eigenvalue weighted by molar-refractivity contribution is -0.0380. The first-order valence-corrected chi connectivity index (χ1v) is 7.08. The summed E-state index contributed by atoms with van der Waals surface area (Å²) in [6.07, 6.45) is 2.61. The molecule has 2 N–H and O–H groups in total. The van der Waals surface area contributed by atoms with Crippen molar-refractivity contribution in [3.63, 3.8) is 0 Å². The maximum Gasteiger partial charge on any atom is 0.417 e. The molecule has 0 saturated heterocycles. The molecule has 2 aromatic rings. The van der Waals surface area contributed by atoms with E-state index in [1.165, 1.54) is 0 Å². The molecular weight excluding hydrogens is 258 g/mol. The number of rotatable bonds is 5. The van der Waals surface area contributed by atoms with E-state index >= 15 is 0 Å². The van der Waals surface area contributed by atoms with Gasteiger partial charge < -0.3 is 14.3 Å². The molecule has 3 rings (SSSR count). The van der Waals surface area contributed by atoms with Gasteiger partial charge in [0.15, 0.2) is 5.58 Å². The van der Waals surface area contributed by atoms with Crippen LogP contribution in [0, 0.1) is 5.92 Å². The molecule has 0 bridgehead atoms. The van der Waals surface area contributed by atoms with Crippen LogP contribution in [0.25, 0.3) is 11.1 Å². The number of H-pyrrole nitrogens is 1. The Bertz CT molecular complexity index is 639. The number of aliphatic hydroxyl groups excluding tert-OH is 1. The molecule has 1 unspecified atom stereocenters. The van der Waals surface area contributed by atoms with Crippen molar-refractivity contribution in [3.05, 3.63) is 34.3 Å². The fourth-order valence-corrected chi connectivity index (χ4v) is 2.86. The number of aromatic amines is 1. The second-order valence-electron chi connectivity index (χ2n) is 5.44. The number of hydrogen-bond acceptors (Lipinski definition) is 4. The van der Waals surface area contributed by atoms with Crippen LogP contribution in [-0.2, 0) is 4.74 Å². The van der Waals surface area contributed by atoms with Gasteiger partial charge in [0.2, 0.25) is 0 Å². The second-order valence-corrected chi connectivity index (χ2v) is 5.44. The zero-order chi connectivity index (χ0) is 14.1. The van der Waals surface area contributed by atoms with E-state index in [-0.39, 0.29) is 0 Å². The zero-order valence-corrected chi connectivity index (χ0v) is 11.5. The summed E-state index contributed by atoms with van der Waals surface area (Å²) < 4.78 is 10.5. The molecule has 1 heterocycles. The number of aliphatic hydroxyl groups is 1. The van der Waals surface area contributed by atoms with E-state index in [0.29, 0.717) is 23.1 Å². The summed E-state index contributed by atoms with van der Waals surface area (Å²) in [5.41, 5.74) is 1.94. The Labute approximate surface area is 116 Å². The third-order valence-electron chi connectivity index (χ3n) is 3.98. The van der Waals surface area contributed by atoms with Crippen molar-refractivity contribution in [2.24, 2.45) is 5.92 Å². The molecule has 20 heavy (non-hydrogen) atoms. The molecule has 0 amide bonds.